The van der Waals surface area contributed by atoms with E-state index in [4.69, 9.17) is 0 Å². The molecule has 3 heterocycles. The number of alkyl halides is 3. The van der Waals surface area contributed by atoms with E-state index >= 15 is 0 Å². The molecule has 0 saturated carbocycles. The Morgan fingerprint density at radius 2 is 2.28 bits per heavy atom. The Hall–Kier alpha value is -1.57. The van der Waals surface area contributed by atoms with Gasteiger partial charge in [-0.1, -0.05) is 6.07 Å². The number of hydrogen-bond donors (Lipinski definition) is 1. The summed E-state index contributed by atoms with van der Waals surface area (Å²) in [5.74, 6) is 0.168. The lowest BCUT2D eigenvalue weighted by Crippen LogP contribution is -2.35. The minimum Gasteiger partial charge on any atom is -0.347 e. The molecule has 0 unspecified atom stereocenters. The molecule has 1 N–H and O–H groups in total. The predicted octanol–water partition coefficient (Wildman–Crippen LogP) is 3.00. The molecule has 0 radical (unpaired) electrons. The fourth-order valence-corrected chi connectivity index (χ4v) is 2.86. The third-order valence-electron chi connectivity index (χ3n) is 2.90. The van der Waals surface area contributed by atoms with Gasteiger partial charge in [0.05, 0.1) is 6.04 Å². The first-order chi connectivity index (χ1) is 8.55. The highest BCUT2D eigenvalue weighted by Gasteiger charge is 2.46. The number of nitrogens with zero attached hydrogens (tertiary/aromatic N) is 3. The number of nitrogens with one attached hydrogen (secondary N) is 1. The molecule has 1 aliphatic rings. The summed E-state index contributed by atoms with van der Waals surface area (Å²) in [7, 11) is 0. The van der Waals surface area contributed by atoms with E-state index in [9.17, 15) is 13.2 Å². The lowest BCUT2D eigenvalue weighted by Gasteiger charge is -2.31. The maximum atomic E-state index is 13.0. The van der Waals surface area contributed by atoms with Gasteiger partial charge < -0.3 is 5.32 Å². The van der Waals surface area contributed by atoms with Gasteiger partial charge in [-0.3, -0.25) is 0 Å². The standard InChI is InChI=1S/C10H9F3N4S/c11-10(12,13)8-4-6(7-2-1-3-18-7)16-9-14-5-15-17(8)9/h1-3,5-6,8H,4H2,(H,14,15,16)/t6-,8+/m0/s1. The van der Waals surface area contributed by atoms with E-state index in [2.05, 4.69) is 15.4 Å². The molecule has 18 heavy (non-hydrogen) atoms. The highest BCUT2D eigenvalue weighted by molar-refractivity contribution is 7.10. The van der Waals surface area contributed by atoms with E-state index in [-0.39, 0.29) is 18.4 Å². The van der Waals surface area contributed by atoms with Crippen molar-refractivity contribution in [2.24, 2.45) is 0 Å². The van der Waals surface area contributed by atoms with Crippen LogP contribution in [0.3, 0.4) is 0 Å². The molecule has 0 aliphatic carbocycles. The zero-order chi connectivity index (χ0) is 12.8. The van der Waals surface area contributed by atoms with Crippen LogP contribution in [-0.2, 0) is 0 Å². The van der Waals surface area contributed by atoms with Crippen molar-refractivity contribution in [2.45, 2.75) is 24.7 Å². The molecule has 0 spiro atoms. The lowest BCUT2D eigenvalue weighted by atomic mass is 10.0. The second kappa shape index (κ2) is 3.98. The van der Waals surface area contributed by atoms with Gasteiger partial charge in [-0.2, -0.15) is 23.3 Å². The van der Waals surface area contributed by atoms with Gasteiger partial charge in [-0.15, -0.1) is 11.3 Å². The lowest BCUT2D eigenvalue weighted by molar-refractivity contribution is -0.173. The normalized spacial score (nSPS) is 23.5. The monoisotopic (exact) mass is 274 g/mol. The van der Waals surface area contributed by atoms with Crippen molar-refractivity contribution in [2.75, 3.05) is 5.32 Å². The Labute approximate surface area is 104 Å². The molecule has 1 aliphatic heterocycles. The summed E-state index contributed by atoms with van der Waals surface area (Å²) in [4.78, 5) is 4.70. The van der Waals surface area contributed by atoms with E-state index in [1.165, 1.54) is 11.3 Å². The van der Waals surface area contributed by atoms with Crippen molar-refractivity contribution in [3.05, 3.63) is 28.7 Å². The van der Waals surface area contributed by atoms with Crippen LogP contribution >= 0.6 is 11.3 Å². The highest BCUT2D eigenvalue weighted by atomic mass is 32.1. The van der Waals surface area contributed by atoms with E-state index in [1.807, 2.05) is 17.5 Å². The Morgan fingerprint density at radius 1 is 1.44 bits per heavy atom. The highest BCUT2D eigenvalue weighted by Crippen LogP contribution is 2.43. The van der Waals surface area contributed by atoms with Crippen molar-refractivity contribution in [3.63, 3.8) is 0 Å². The molecule has 2 aromatic rings. The zero-order valence-electron chi connectivity index (χ0n) is 9.05. The molecule has 3 rings (SSSR count). The van der Waals surface area contributed by atoms with Crippen LogP contribution in [0.25, 0.3) is 0 Å². The molecule has 0 aromatic carbocycles. The number of halogens is 3. The summed E-state index contributed by atoms with van der Waals surface area (Å²) in [6.07, 6.45) is -3.25. The summed E-state index contributed by atoms with van der Waals surface area (Å²) in [5.41, 5.74) is 0. The van der Waals surface area contributed by atoms with Crippen LogP contribution in [0, 0.1) is 0 Å². The van der Waals surface area contributed by atoms with Gasteiger partial charge in [-0.25, -0.2) is 4.68 Å². The van der Waals surface area contributed by atoms with Crippen LogP contribution in [0.1, 0.15) is 23.4 Å². The van der Waals surface area contributed by atoms with Gasteiger partial charge in [0.1, 0.15) is 6.33 Å². The fraction of sp³-hybridized carbons (Fsp3) is 0.400. The first-order valence-corrected chi connectivity index (χ1v) is 6.20. The SMILES string of the molecule is FC(F)(F)[C@H]1C[C@@H](c2cccs2)Nc2ncnn21. The predicted molar refractivity (Wildman–Crippen MR) is 60.4 cm³/mol. The van der Waals surface area contributed by atoms with E-state index in [0.29, 0.717) is 0 Å². The van der Waals surface area contributed by atoms with Crippen molar-refractivity contribution in [1.29, 1.82) is 0 Å². The van der Waals surface area contributed by atoms with Crippen LogP contribution < -0.4 is 5.32 Å². The van der Waals surface area contributed by atoms with Crippen molar-refractivity contribution < 1.29 is 13.2 Å². The van der Waals surface area contributed by atoms with Crippen LogP contribution in [0.2, 0.25) is 0 Å². The van der Waals surface area contributed by atoms with Crippen LogP contribution in [-0.4, -0.2) is 20.9 Å². The first-order valence-electron chi connectivity index (χ1n) is 5.32. The minimum absolute atomic E-state index is 0.0691. The van der Waals surface area contributed by atoms with Gasteiger partial charge in [0, 0.05) is 11.3 Å². The third-order valence-corrected chi connectivity index (χ3v) is 3.88. The average molecular weight is 274 g/mol. The smallest absolute Gasteiger partial charge is 0.347 e. The summed E-state index contributed by atoms with van der Waals surface area (Å²) in [6, 6.07) is 1.66. The molecule has 0 amide bonds. The largest absolute Gasteiger partial charge is 0.411 e. The molecular weight excluding hydrogens is 265 g/mol. The number of hydrogen-bond acceptors (Lipinski definition) is 4. The van der Waals surface area contributed by atoms with E-state index in [1.54, 1.807) is 0 Å². The molecule has 8 heteroatoms. The van der Waals surface area contributed by atoms with Crippen LogP contribution in [0.4, 0.5) is 19.1 Å². The maximum absolute atomic E-state index is 13.0. The molecular formula is C10H9F3N4S. The van der Waals surface area contributed by atoms with Crippen LogP contribution in [0.15, 0.2) is 23.8 Å². The van der Waals surface area contributed by atoms with Gasteiger partial charge in [0.25, 0.3) is 0 Å². The number of aromatic nitrogens is 3. The molecule has 96 valence electrons. The molecule has 0 bridgehead atoms. The van der Waals surface area contributed by atoms with Crippen molar-refractivity contribution >= 4 is 17.3 Å². The summed E-state index contributed by atoms with van der Waals surface area (Å²) < 4.78 is 39.9. The first kappa shape index (κ1) is 11.5. The Bertz CT molecular complexity index is 534. The third kappa shape index (κ3) is 1.86. The molecule has 2 aromatic heterocycles. The van der Waals surface area contributed by atoms with E-state index < -0.39 is 12.2 Å². The zero-order valence-corrected chi connectivity index (χ0v) is 9.87. The van der Waals surface area contributed by atoms with Crippen LogP contribution in [0.5, 0.6) is 0 Å². The number of rotatable bonds is 1. The van der Waals surface area contributed by atoms with Gasteiger partial charge in [-0.05, 0) is 11.4 Å². The van der Waals surface area contributed by atoms with Gasteiger partial charge in [0.2, 0.25) is 5.95 Å². The van der Waals surface area contributed by atoms with Gasteiger partial charge >= 0.3 is 6.18 Å². The molecule has 0 fully saturated rings. The molecule has 4 nitrogen and oxygen atoms in total. The number of anilines is 1. The summed E-state index contributed by atoms with van der Waals surface area (Å²) in [6.45, 7) is 0. The van der Waals surface area contributed by atoms with E-state index in [0.717, 1.165) is 15.9 Å². The van der Waals surface area contributed by atoms with Gasteiger partial charge in [0.15, 0.2) is 6.04 Å². The van der Waals surface area contributed by atoms with Crippen molar-refractivity contribution in [3.8, 4) is 0 Å². The van der Waals surface area contributed by atoms with Crippen molar-refractivity contribution in [1.82, 2.24) is 14.8 Å². The quantitative estimate of drug-likeness (QED) is 0.869. The Morgan fingerprint density at radius 3 is 2.94 bits per heavy atom. The topological polar surface area (TPSA) is 42.7 Å². The summed E-state index contributed by atoms with van der Waals surface area (Å²) >= 11 is 1.43. The fourth-order valence-electron chi connectivity index (χ4n) is 2.07. The molecule has 2 atom stereocenters. The maximum Gasteiger partial charge on any atom is 0.411 e. The summed E-state index contributed by atoms with van der Waals surface area (Å²) in [5, 5.41) is 8.47. The number of thiophene rings is 1. The second-order valence-electron chi connectivity index (χ2n) is 4.03. The molecule has 0 saturated heterocycles. The minimum atomic E-state index is -4.32. The average Bonchev–Trinajstić information content (AvgIpc) is 2.97. The Kier molecular flexibility index (Phi) is 2.54. The number of fused-ring (bicyclic) bond motifs is 1. The second-order valence-corrected chi connectivity index (χ2v) is 5.01. The Balaban J connectivity index is 1.97.